The Morgan fingerprint density at radius 2 is 1.84 bits per heavy atom. The molecule has 0 amide bonds. The van der Waals surface area contributed by atoms with Gasteiger partial charge in [0.2, 0.25) is 0 Å². The van der Waals surface area contributed by atoms with Crippen molar-refractivity contribution >= 4 is 62.6 Å². The number of terminal acetylenes is 1. The summed E-state index contributed by atoms with van der Waals surface area (Å²) in [5.41, 5.74) is 4.67. The normalized spacial score (nSPS) is 17.0. The number of nitrogens with one attached hydrogen (secondary N) is 1. The van der Waals surface area contributed by atoms with E-state index in [9.17, 15) is 9.59 Å². The molecule has 0 saturated carbocycles. The first-order chi connectivity index (χ1) is 14.9. The molecule has 31 heavy (non-hydrogen) atoms. The van der Waals surface area contributed by atoms with Gasteiger partial charge in [0, 0.05) is 28.3 Å². The molecule has 0 bridgehead atoms. The van der Waals surface area contributed by atoms with Crippen LogP contribution in [0.25, 0.3) is 5.70 Å². The van der Waals surface area contributed by atoms with E-state index >= 15 is 0 Å². The average molecular weight is 637 g/mol. The van der Waals surface area contributed by atoms with E-state index in [4.69, 9.17) is 15.9 Å². The minimum Gasteiger partial charge on any atom is -0.479 e. The Balaban J connectivity index is 1.92. The van der Waals surface area contributed by atoms with Crippen LogP contribution in [0.5, 0.6) is 5.75 Å². The summed E-state index contributed by atoms with van der Waals surface area (Å²) in [6, 6.07) is 11.3. The Morgan fingerprint density at radius 3 is 2.45 bits per heavy atom. The second-order valence-corrected chi connectivity index (χ2v) is 9.38. The van der Waals surface area contributed by atoms with E-state index < -0.39 is 11.9 Å². The highest BCUT2D eigenvalue weighted by molar-refractivity contribution is 14.1. The summed E-state index contributed by atoms with van der Waals surface area (Å²) in [6.45, 7) is 1.99. The monoisotopic (exact) mass is 637 g/mol. The maximum absolute atomic E-state index is 13.4. The minimum atomic E-state index is -0.563. The van der Waals surface area contributed by atoms with Gasteiger partial charge in [0.15, 0.2) is 5.78 Å². The van der Waals surface area contributed by atoms with Crippen molar-refractivity contribution in [1.82, 2.24) is 5.32 Å². The summed E-state index contributed by atoms with van der Waals surface area (Å²) < 4.78 is 12.5. The van der Waals surface area contributed by atoms with Gasteiger partial charge < -0.3 is 14.8 Å². The van der Waals surface area contributed by atoms with Gasteiger partial charge in [-0.1, -0.05) is 30.2 Å². The van der Waals surface area contributed by atoms with Crippen LogP contribution in [0, 0.1) is 19.5 Å². The topological polar surface area (TPSA) is 64.6 Å². The first kappa shape index (κ1) is 21.9. The van der Waals surface area contributed by atoms with Crippen LogP contribution in [0.4, 0.5) is 0 Å². The van der Waals surface area contributed by atoms with Crippen LogP contribution < -0.4 is 10.1 Å². The molecule has 0 fully saturated rings. The van der Waals surface area contributed by atoms with Crippen LogP contribution in [0.2, 0.25) is 0 Å². The van der Waals surface area contributed by atoms with Crippen LogP contribution in [0.3, 0.4) is 0 Å². The van der Waals surface area contributed by atoms with Crippen molar-refractivity contribution < 1.29 is 19.1 Å². The van der Waals surface area contributed by atoms with Crippen molar-refractivity contribution in [1.29, 1.82) is 0 Å². The van der Waals surface area contributed by atoms with Gasteiger partial charge in [0.25, 0.3) is 0 Å². The van der Waals surface area contributed by atoms with Crippen LogP contribution in [0.15, 0.2) is 53.2 Å². The standard InChI is InChI=1S/C24H17I2NO4/c1-4-9-31-23-16(25)10-13(11-17(23)26)19-18(24(29)30-3)12(2)27-21-14-7-5-6-8-15(14)22(28)20(19)21/h1,5-8,10-11,19,27H,9H2,2-3H3/t19-/m0/s1. The molecule has 156 valence electrons. The van der Waals surface area contributed by atoms with Gasteiger partial charge in [0.05, 0.1) is 25.5 Å². The van der Waals surface area contributed by atoms with Crippen LogP contribution in [0.1, 0.15) is 34.3 Å². The number of Topliss-reactive ketones (excluding diaryl/α,β-unsaturated/α-hetero) is 1. The molecule has 1 aliphatic heterocycles. The third-order valence-electron chi connectivity index (χ3n) is 5.31. The lowest BCUT2D eigenvalue weighted by Gasteiger charge is -2.29. The van der Waals surface area contributed by atoms with Gasteiger partial charge in [-0.15, -0.1) is 6.42 Å². The molecule has 2 aromatic rings. The molecule has 2 aliphatic rings. The number of ether oxygens (including phenoxy) is 2. The molecule has 0 unspecified atom stereocenters. The number of hydrogen-bond acceptors (Lipinski definition) is 5. The van der Waals surface area contributed by atoms with Crippen LogP contribution in [-0.4, -0.2) is 25.5 Å². The van der Waals surface area contributed by atoms with Crippen molar-refractivity contribution in [3.05, 3.63) is 77.1 Å². The van der Waals surface area contributed by atoms with E-state index in [2.05, 4.69) is 56.4 Å². The summed E-state index contributed by atoms with van der Waals surface area (Å²) >= 11 is 4.37. The summed E-state index contributed by atoms with van der Waals surface area (Å²) in [6.07, 6.45) is 5.33. The molecule has 2 aromatic carbocycles. The number of dihydropyridines is 1. The molecule has 1 aliphatic carbocycles. The highest BCUT2D eigenvalue weighted by Gasteiger charge is 2.43. The molecule has 0 radical (unpaired) electrons. The first-order valence-corrected chi connectivity index (χ1v) is 11.5. The number of benzene rings is 2. The number of allylic oxidation sites excluding steroid dienone is 2. The van der Waals surface area contributed by atoms with E-state index in [0.717, 1.165) is 24.0 Å². The summed E-state index contributed by atoms with van der Waals surface area (Å²) in [7, 11) is 1.35. The maximum Gasteiger partial charge on any atom is 0.336 e. The van der Waals surface area contributed by atoms with Gasteiger partial charge in [-0.25, -0.2) is 4.79 Å². The predicted octanol–water partition coefficient (Wildman–Crippen LogP) is 4.65. The van der Waals surface area contributed by atoms with Gasteiger partial charge >= 0.3 is 5.97 Å². The summed E-state index contributed by atoms with van der Waals surface area (Å²) in [5.74, 6) is 2.04. The molecule has 0 spiro atoms. The number of carbonyl (C=O) groups excluding carboxylic acids is 2. The van der Waals surface area contributed by atoms with Gasteiger partial charge in [-0.3, -0.25) is 4.79 Å². The molecule has 7 heteroatoms. The highest BCUT2D eigenvalue weighted by atomic mass is 127. The Labute approximate surface area is 207 Å². The zero-order valence-corrected chi connectivity index (χ0v) is 21.0. The summed E-state index contributed by atoms with van der Waals surface area (Å²) in [4.78, 5) is 26.2. The number of esters is 1. The number of hydrogen-bond donors (Lipinski definition) is 1. The first-order valence-electron chi connectivity index (χ1n) is 9.38. The highest BCUT2D eigenvalue weighted by Crippen LogP contribution is 2.47. The van der Waals surface area contributed by atoms with Crippen molar-refractivity contribution in [2.75, 3.05) is 13.7 Å². The number of fused-ring (bicyclic) bond motifs is 2. The molecular weight excluding hydrogens is 620 g/mol. The number of carbonyl (C=O) groups is 2. The number of methoxy groups -OCH3 is 1. The molecule has 1 atom stereocenters. The maximum atomic E-state index is 13.4. The van der Waals surface area contributed by atoms with Gasteiger partial charge in [0.1, 0.15) is 12.4 Å². The average Bonchev–Trinajstić information content (AvgIpc) is 3.03. The zero-order valence-electron chi connectivity index (χ0n) is 16.7. The third-order valence-corrected chi connectivity index (χ3v) is 6.91. The largest absolute Gasteiger partial charge is 0.479 e. The zero-order chi connectivity index (χ0) is 22.3. The lowest BCUT2D eigenvalue weighted by molar-refractivity contribution is -0.136. The fourth-order valence-corrected chi connectivity index (χ4v) is 6.17. The van der Waals surface area contributed by atoms with E-state index in [1.54, 1.807) is 0 Å². The Hall–Kier alpha value is -2.32. The van der Waals surface area contributed by atoms with E-state index in [1.165, 1.54) is 7.11 Å². The molecule has 1 heterocycles. The SMILES string of the molecule is C#CCOc1c(I)cc([C@H]2C(C(=O)OC)=C(C)NC3=C2C(=O)c2ccccc23)cc1I. The Bertz CT molecular complexity index is 1210. The molecule has 4 rings (SSSR count). The van der Waals surface area contributed by atoms with E-state index in [0.29, 0.717) is 28.2 Å². The Morgan fingerprint density at radius 1 is 1.19 bits per heavy atom. The number of ketones is 1. The van der Waals surface area contributed by atoms with Crippen LogP contribution in [-0.2, 0) is 9.53 Å². The van der Waals surface area contributed by atoms with Crippen molar-refractivity contribution in [2.24, 2.45) is 0 Å². The quantitative estimate of drug-likeness (QED) is 0.301. The molecule has 0 saturated heterocycles. The fourth-order valence-electron chi connectivity index (χ4n) is 4.04. The van der Waals surface area contributed by atoms with Gasteiger partial charge in [-0.2, -0.15) is 0 Å². The lowest BCUT2D eigenvalue weighted by atomic mass is 9.80. The summed E-state index contributed by atoms with van der Waals surface area (Å²) in [5, 5.41) is 3.29. The number of halogens is 2. The van der Waals surface area contributed by atoms with Crippen molar-refractivity contribution in [3.8, 4) is 18.1 Å². The minimum absolute atomic E-state index is 0.0883. The second-order valence-electron chi connectivity index (χ2n) is 7.06. The van der Waals surface area contributed by atoms with E-state index in [1.807, 2.05) is 43.3 Å². The van der Waals surface area contributed by atoms with E-state index in [-0.39, 0.29) is 12.4 Å². The molecule has 1 N–H and O–H groups in total. The Kier molecular flexibility index (Phi) is 6.12. The molecular formula is C24H17I2NO4. The lowest BCUT2D eigenvalue weighted by Crippen LogP contribution is -2.29. The molecule has 5 nitrogen and oxygen atoms in total. The van der Waals surface area contributed by atoms with Crippen molar-refractivity contribution in [2.45, 2.75) is 12.8 Å². The third kappa shape index (κ3) is 3.65. The van der Waals surface area contributed by atoms with Gasteiger partial charge in [-0.05, 0) is 69.8 Å². The van der Waals surface area contributed by atoms with Crippen LogP contribution >= 0.6 is 45.2 Å². The smallest absolute Gasteiger partial charge is 0.336 e. The second kappa shape index (κ2) is 8.67. The van der Waals surface area contributed by atoms with Crippen molar-refractivity contribution in [3.63, 3.8) is 0 Å². The predicted molar refractivity (Wildman–Crippen MR) is 134 cm³/mol. The molecule has 0 aromatic heterocycles. The fraction of sp³-hybridized carbons (Fsp3) is 0.167. The number of rotatable bonds is 4.